The van der Waals surface area contributed by atoms with Crippen LogP contribution in [0.15, 0.2) is 59.2 Å². The second-order valence-electron chi connectivity index (χ2n) is 7.22. The first kappa shape index (κ1) is 19.9. The van der Waals surface area contributed by atoms with Crippen molar-refractivity contribution >= 4 is 22.7 Å². The molecule has 0 aliphatic carbocycles. The molecule has 146 valence electrons. The van der Waals surface area contributed by atoms with Gasteiger partial charge in [0.15, 0.2) is 4.80 Å². The van der Waals surface area contributed by atoms with Crippen molar-refractivity contribution in [3.05, 3.63) is 69.1 Å². The summed E-state index contributed by atoms with van der Waals surface area (Å²) in [4.78, 5) is 20.4. The maximum atomic E-state index is 11.0. The van der Waals surface area contributed by atoms with Crippen molar-refractivity contribution in [1.29, 1.82) is 0 Å². The van der Waals surface area contributed by atoms with Gasteiger partial charge >= 0.3 is 0 Å². The minimum Gasteiger partial charge on any atom is -0.314 e. The molecule has 0 aliphatic heterocycles. The van der Waals surface area contributed by atoms with Gasteiger partial charge in [-0.25, -0.2) is 4.99 Å². The molecule has 6 nitrogen and oxygen atoms in total. The topological polar surface area (TPSA) is 73.3 Å². The summed E-state index contributed by atoms with van der Waals surface area (Å²) in [5, 5.41) is 13.0. The van der Waals surface area contributed by atoms with E-state index in [9.17, 15) is 10.1 Å². The zero-order chi connectivity index (χ0) is 20.1. The number of nitro benzene ring substituents is 1. The van der Waals surface area contributed by atoms with Crippen LogP contribution >= 0.6 is 11.3 Å². The Morgan fingerprint density at radius 2 is 1.93 bits per heavy atom. The molecular weight excluding hydrogens is 372 g/mol. The lowest BCUT2D eigenvalue weighted by molar-refractivity contribution is -0.384. The molecule has 7 heteroatoms. The summed E-state index contributed by atoms with van der Waals surface area (Å²) in [5.41, 5.74) is 2.88. The van der Waals surface area contributed by atoms with Gasteiger partial charge in [-0.05, 0) is 55.5 Å². The summed E-state index contributed by atoms with van der Waals surface area (Å²) in [7, 11) is 0. The lowest BCUT2D eigenvalue weighted by atomic mass is 10.0. The fourth-order valence-corrected chi connectivity index (χ4v) is 4.04. The summed E-state index contributed by atoms with van der Waals surface area (Å²) in [5.74, 6) is 0.628. The smallest absolute Gasteiger partial charge is 0.269 e. The first-order valence-electron chi connectivity index (χ1n) is 9.35. The Labute approximate surface area is 168 Å². The largest absolute Gasteiger partial charge is 0.314 e. The van der Waals surface area contributed by atoms with E-state index in [1.54, 1.807) is 48.0 Å². The number of hydrogen-bond donors (Lipinski definition) is 0. The van der Waals surface area contributed by atoms with E-state index in [1.165, 1.54) is 0 Å². The monoisotopic (exact) mass is 396 g/mol. The Kier molecular flexibility index (Phi) is 6.36. The van der Waals surface area contributed by atoms with E-state index in [-0.39, 0.29) is 16.7 Å². The molecule has 3 aromatic rings. The van der Waals surface area contributed by atoms with Crippen LogP contribution in [0.5, 0.6) is 0 Å². The predicted octanol–water partition coefficient (Wildman–Crippen LogP) is 5.75. The summed E-state index contributed by atoms with van der Waals surface area (Å²) in [6, 6.07) is 10.8. The highest BCUT2D eigenvalue weighted by atomic mass is 32.1. The Bertz CT molecular complexity index is 991. The van der Waals surface area contributed by atoms with Crippen molar-refractivity contribution < 1.29 is 4.92 Å². The van der Waals surface area contributed by atoms with Crippen LogP contribution in [0.4, 0.5) is 11.4 Å². The van der Waals surface area contributed by atoms with Crippen molar-refractivity contribution in [3.63, 3.8) is 0 Å². The highest BCUT2D eigenvalue weighted by Crippen LogP contribution is 2.28. The van der Waals surface area contributed by atoms with Crippen LogP contribution in [0.25, 0.3) is 11.3 Å². The number of pyridine rings is 1. The molecule has 0 fully saturated rings. The quantitative estimate of drug-likeness (QED) is 0.377. The maximum absolute atomic E-state index is 11.0. The van der Waals surface area contributed by atoms with Crippen LogP contribution in [0.2, 0.25) is 0 Å². The van der Waals surface area contributed by atoms with Crippen LogP contribution < -0.4 is 4.80 Å². The molecule has 0 N–H and O–H groups in total. The van der Waals surface area contributed by atoms with Crippen LogP contribution in [0.1, 0.15) is 39.7 Å². The van der Waals surface area contributed by atoms with Crippen LogP contribution in [-0.2, 0) is 0 Å². The van der Waals surface area contributed by atoms with Crippen molar-refractivity contribution in [3.8, 4) is 11.3 Å². The second kappa shape index (κ2) is 8.93. The van der Waals surface area contributed by atoms with E-state index >= 15 is 0 Å². The number of non-ortho nitro benzene ring substituents is 1. The normalized spacial score (nSPS) is 13.1. The molecule has 0 spiro atoms. The van der Waals surface area contributed by atoms with Gasteiger partial charge in [0.05, 0.1) is 22.5 Å². The van der Waals surface area contributed by atoms with Crippen molar-refractivity contribution in [2.24, 2.45) is 10.9 Å². The molecule has 2 aromatic heterocycles. The fraction of sp³-hybridized carbons (Fsp3) is 0.333. The molecule has 0 amide bonds. The average Bonchev–Trinajstić information content (AvgIpc) is 3.10. The van der Waals surface area contributed by atoms with Crippen molar-refractivity contribution in [2.45, 2.75) is 39.7 Å². The molecule has 0 radical (unpaired) electrons. The number of benzene rings is 1. The molecule has 3 rings (SSSR count). The number of nitro groups is 1. The predicted molar refractivity (Wildman–Crippen MR) is 113 cm³/mol. The molecule has 2 heterocycles. The number of hydrogen-bond acceptors (Lipinski definition) is 5. The van der Waals surface area contributed by atoms with Crippen LogP contribution in [-0.4, -0.2) is 14.5 Å². The van der Waals surface area contributed by atoms with E-state index in [0.717, 1.165) is 34.6 Å². The van der Waals surface area contributed by atoms with Crippen LogP contribution in [0.3, 0.4) is 0 Å². The van der Waals surface area contributed by atoms with Gasteiger partial charge in [0.2, 0.25) is 0 Å². The third-order valence-corrected chi connectivity index (χ3v) is 5.43. The van der Waals surface area contributed by atoms with Gasteiger partial charge in [0.1, 0.15) is 0 Å². The Morgan fingerprint density at radius 3 is 2.54 bits per heavy atom. The average molecular weight is 397 g/mol. The van der Waals surface area contributed by atoms with Gasteiger partial charge in [-0.2, -0.15) is 0 Å². The molecule has 0 aliphatic rings. The number of rotatable bonds is 7. The SMILES string of the molecule is CC(C)CCC(C)n1c(-c2ccc([N+](=O)[O-])cc2)csc1=Nc1cccnc1. The molecule has 1 atom stereocenters. The standard InChI is InChI=1S/C21H24N4O2S/c1-15(2)6-7-16(3)24-20(17-8-10-19(11-9-17)25(26)27)14-28-21(24)23-18-5-4-12-22-13-18/h4-5,8-16H,6-7H2,1-3H3. The van der Waals surface area contributed by atoms with Gasteiger partial charge in [-0.1, -0.05) is 13.8 Å². The highest BCUT2D eigenvalue weighted by molar-refractivity contribution is 7.07. The van der Waals surface area contributed by atoms with E-state index in [4.69, 9.17) is 4.99 Å². The van der Waals surface area contributed by atoms with Gasteiger partial charge in [-0.3, -0.25) is 15.1 Å². The zero-order valence-electron chi connectivity index (χ0n) is 16.3. The van der Waals surface area contributed by atoms with E-state index in [0.29, 0.717) is 5.92 Å². The van der Waals surface area contributed by atoms with Gasteiger partial charge in [0.25, 0.3) is 5.69 Å². The zero-order valence-corrected chi connectivity index (χ0v) is 17.1. The Morgan fingerprint density at radius 1 is 1.18 bits per heavy atom. The summed E-state index contributed by atoms with van der Waals surface area (Å²) in [6.45, 7) is 6.65. The van der Waals surface area contributed by atoms with E-state index < -0.39 is 0 Å². The summed E-state index contributed by atoms with van der Waals surface area (Å²) < 4.78 is 2.24. The second-order valence-corrected chi connectivity index (χ2v) is 8.06. The number of aromatic nitrogens is 2. The molecule has 1 aromatic carbocycles. The summed E-state index contributed by atoms with van der Waals surface area (Å²) in [6.07, 6.45) is 5.63. The number of nitrogens with zero attached hydrogens (tertiary/aromatic N) is 4. The third-order valence-electron chi connectivity index (χ3n) is 4.59. The van der Waals surface area contributed by atoms with Gasteiger partial charge < -0.3 is 4.57 Å². The van der Waals surface area contributed by atoms with E-state index in [2.05, 4.69) is 35.7 Å². The first-order chi connectivity index (χ1) is 13.5. The molecule has 0 bridgehead atoms. The van der Waals surface area contributed by atoms with Crippen LogP contribution in [0, 0.1) is 16.0 Å². The molecule has 28 heavy (non-hydrogen) atoms. The van der Waals surface area contributed by atoms with E-state index in [1.807, 2.05) is 12.1 Å². The summed E-state index contributed by atoms with van der Waals surface area (Å²) >= 11 is 1.57. The Balaban J connectivity index is 2.06. The minimum atomic E-state index is -0.375. The Hall–Kier alpha value is -2.80. The molecular formula is C21H24N4O2S. The molecule has 1 unspecified atom stereocenters. The maximum Gasteiger partial charge on any atom is 0.269 e. The fourth-order valence-electron chi connectivity index (χ4n) is 3.03. The lowest BCUT2D eigenvalue weighted by Crippen LogP contribution is -2.20. The van der Waals surface area contributed by atoms with Crippen molar-refractivity contribution in [1.82, 2.24) is 9.55 Å². The molecule has 0 saturated heterocycles. The lowest BCUT2D eigenvalue weighted by Gasteiger charge is -2.18. The third kappa shape index (κ3) is 4.72. The number of thiazole rings is 1. The van der Waals surface area contributed by atoms with Gasteiger partial charge in [-0.15, -0.1) is 11.3 Å². The molecule has 0 saturated carbocycles. The minimum absolute atomic E-state index is 0.0960. The highest BCUT2D eigenvalue weighted by Gasteiger charge is 2.16. The first-order valence-corrected chi connectivity index (χ1v) is 10.2. The van der Waals surface area contributed by atoms with Crippen molar-refractivity contribution in [2.75, 3.05) is 0 Å². The van der Waals surface area contributed by atoms with Gasteiger partial charge in [0, 0.05) is 29.8 Å².